The minimum absolute atomic E-state index is 0.199. The molecule has 0 saturated heterocycles. The lowest BCUT2D eigenvalue weighted by atomic mass is 9.93. The normalized spacial score (nSPS) is 18.5. The van der Waals surface area contributed by atoms with Gasteiger partial charge in [-0.3, -0.25) is 9.59 Å². The summed E-state index contributed by atoms with van der Waals surface area (Å²) in [6, 6.07) is 6.45. The first-order chi connectivity index (χ1) is 11.0. The van der Waals surface area contributed by atoms with Crippen molar-refractivity contribution in [1.29, 1.82) is 0 Å². The average molecular weight is 314 g/mol. The summed E-state index contributed by atoms with van der Waals surface area (Å²) in [5.74, 6) is 1.27. The number of carbonyl (C=O) groups is 2. The lowest BCUT2D eigenvalue weighted by molar-refractivity contribution is -0.122. The van der Waals surface area contributed by atoms with Crippen molar-refractivity contribution in [1.82, 2.24) is 5.32 Å². The van der Waals surface area contributed by atoms with Crippen LogP contribution in [0.15, 0.2) is 18.2 Å². The second-order valence-electron chi connectivity index (χ2n) is 7.08. The van der Waals surface area contributed by atoms with Crippen LogP contribution in [-0.2, 0) is 22.4 Å². The van der Waals surface area contributed by atoms with Crippen molar-refractivity contribution in [3.05, 3.63) is 29.3 Å². The zero-order chi connectivity index (χ0) is 16.4. The van der Waals surface area contributed by atoms with Gasteiger partial charge in [-0.05, 0) is 55.2 Å². The van der Waals surface area contributed by atoms with Gasteiger partial charge >= 0.3 is 0 Å². The molecule has 0 spiro atoms. The smallest absolute Gasteiger partial charge is 0.227 e. The van der Waals surface area contributed by atoms with Crippen molar-refractivity contribution in [3.8, 4) is 0 Å². The number of anilines is 1. The topological polar surface area (TPSA) is 49.4 Å². The number of rotatable bonds is 6. The Kier molecular flexibility index (Phi) is 4.69. The molecule has 1 N–H and O–H groups in total. The number of aryl methyl sites for hydroxylation is 1. The van der Waals surface area contributed by atoms with Gasteiger partial charge in [-0.1, -0.05) is 19.1 Å². The maximum atomic E-state index is 11.7. The molecule has 1 heterocycles. The van der Waals surface area contributed by atoms with E-state index in [1.54, 1.807) is 4.90 Å². The monoisotopic (exact) mass is 314 g/mol. The van der Waals surface area contributed by atoms with Gasteiger partial charge < -0.3 is 10.2 Å². The molecule has 1 unspecified atom stereocenters. The number of benzene rings is 1. The summed E-state index contributed by atoms with van der Waals surface area (Å²) in [5, 5.41) is 3.04. The average Bonchev–Trinajstić information content (AvgIpc) is 3.36. The molecule has 2 amide bonds. The van der Waals surface area contributed by atoms with Crippen molar-refractivity contribution >= 4 is 17.5 Å². The van der Waals surface area contributed by atoms with Crippen LogP contribution in [0, 0.1) is 11.8 Å². The van der Waals surface area contributed by atoms with Crippen molar-refractivity contribution in [3.63, 3.8) is 0 Å². The van der Waals surface area contributed by atoms with Gasteiger partial charge in [-0.15, -0.1) is 0 Å². The molecule has 1 saturated carbocycles. The number of carbonyl (C=O) groups excluding carboxylic acids is 2. The summed E-state index contributed by atoms with van der Waals surface area (Å²) in [7, 11) is 1.85. The second kappa shape index (κ2) is 6.73. The largest absolute Gasteiger partial charge is 0.356 e. The number of nitrogens with one attached hydrogen (secondary N) is 1. The third-order valence-electron chi connectivity index (χ3n) is 4.96. The summed E-state index contributed by atoms with van der Waals surface area (Å²) >= 11 is 0. The van der Waals surface area contributed by atoms with Gasteiger partial charge in [0, 0.05) is 31.6 Å². The highest BCUT2D eigenvalue weighted by Crippen LogP contribution is 2.29. The standard InChI is InChI=1S/C19H26N2O2/c1-13(9-10-20-19(23)15-4-5-15)11-14-3-7-17-16(12-14)6-8-18(22)21(17)2/h3,7,12-13,15H,4-6,8-11H2,1-2H3,(H,20,23). The van der Waals surface area contributed by atoms with Crippen molar-refractivity contribution in [2.24, 2.45) is 11.8 Å². The molecule has 0 bridgehead atoms. The molecule has 23 heavy (non-hydrogen) atoms. The van der Waals surface area contributed by atoms with Crippen LogP contribution in [0.1, 0.15) is 43.7 Å². The Bertz CT molecular complexity index is 607. The van der Waals surface area contributed by atoms with Crippen LogP contribution in [0.2, 0.25) is 0 Å². The van der Waals surface area contributed by atoms with E-state index in [0.717, 1.165) is 44.3 Å². The molecule has 4 nitrogen and oxygen atoms in total. The number of hydrogen-bond acceptors (Lipinski definition) is 2. The SMILES string of the molecule is CC(CCNC(=O)C1CC1)Cc1ccc2c(c1)CCC(=O)N2C. The molecule has 1 aromatic carbocycles. The molecule has 4 heteroatoms. The minimum atomic E-state index is 0.199. The van der Waals surface area contributed by atoms with Crippen LogP contribution < -0.4 is 10.2 Å². The number of hydrogen-bond donors (Lipinski definition) is 1. The molecular weight excluding hydrogens is 288 g/mol. The fraction of sp³-hybridized carbons (Fsp3) is 0.579. The van der Waals surface area contributed by atoms with E-state index >= 15 is 0 Å². The Morgan fingerprint density at radius 1 is 1.35 bits per heavy atom. The van der Waals surface area contributed by atoms with Gasteiger partial charge in [0.25, 0.3) is 0 Å². The second-order valence-corrected chi connectivity index (χ2v) is 7.08. The predicted molar refractivity (Wildman–Crippen MR) is 91.4 cm³/mol. The van der Waals surface area contributed by atoms with Gasteiger partial charge in [-0.2, -0.15) is 0 Å². The summed E-state index contributed by atoms with van der Waals surface area (Å²) in [6.07, 6.45) is 5.60. The Morgan fingerprint density at radius 3 is 2.87 bits per heavy atom. The highest BCUT2D eigenvalue weighted by molar-refractivity contribution is 5.95. The van der Waals surface area contributed by atoms with Gasteiger partial charge in [0.05, 0.1) is 0 Å². The van der Waals surface area contributed by atoms with Crippen LogP contribution in [-0.4, -0.2) is 25.4 Å². The number of amides is 2. The third kappa shape index (κ3) is 3.92. The van der Waals surface area contributed by atoms with Crippen LogP contribution in [0.3, 0.4) is 0 Å². The molecule has 1 aromatic rings. The van der Waals surface area contributed by atoms with Crippen LogP contribution in [0.5, 0.6) is 0 Å². The van der Waals surface area contributed by atoms with E-state index in [4.69, 9.17) is 0 Å². The Hall–Kier alpha value is -1.84. The number of fused-ring (bicyclic) bond motifs is 1. The molecule has 1 aliphatic heterocycles. The molecular formula is C19H26N2O2. The minimum Gasteiger partial charge on any atom is -0.356 e. The van der Waals surface area contributed by atoms with E-state index in [1.807, 2.05) is 7.05 Å². The molecule has 2 aliphatic rings. The molecule has 3 rings (SSSR count). The van der Waals surface area contributed by atoms with E-state index in [1.165, 1.54) is 11.1 Å². The van der Waals surface area contributed by atoms with E-state index in [-0.39, 0.29) is 11.8 Å². The van der Waals surface area contributed by atoms with Crippen LogP contribution in [0.4, 0.5) is 5.69 Å². The Labute approximate surface area is 138 Å². The maximum Gasteiger partial charge on any atom is 0.227 e. The van der Waals surface area contributed by atoms with Crippen molar-refractivity contribution in [2.45, 2.75) is 45.4 Å². The van der Waals surface area contributed by atoms with Gasteiger partial charge in [0.15, 0.2) is 0 Å². The Balaban J connectivity index is 1.51. The van der Waals surface area contributed by atoms with Crippen molar-refractivity contribution in [2.75, 3.05) is 18.5 Å². The van der Waals surface area contributed by atoms with Crippen LogP contribution in [0.25, 0.3) is 0 Å². The lowest BCUT2D eigenvalue weighted by Gasteiger charge is -2.26. The highest BCUT2D eigenvalue weighted by Gasteiger charge is 2.29. The predicted octanol–water partition coefficient (Wildman–Crippen LogP) is 2.69. The summed E-state index contributed by atoms with van der Waals surface area (Å²) in [5.41, 5.74) is 3.65. The lowest BCUT2D eigenvalue weighted by Crippen LogP contribution is -2.31. The molecule has 124 valence electrons. The summed E-state index contributed by atoms with van der Waals surface area (Å²) in [4.78, 5) is 25.1. The molecule has 0 radical (unpaired) electrons. The maximum absolute atomic E-state index is 11.7. The van der Waals surface area contributed by atoms with E-state index in [9.17, 15) is 9.59 Å². The summed E-state index contributed by atoms with van der Waals surface area (Å²) in [6.45, 7) is 3.01. The van der Waals surface area contributed by atoms with E-state index < -0.39 is 0 Å². The Morgan fingerprint density at radius 2 is 2.13 bits per heavy atom. The first-order valence-electron chi connectivity index (χ1n) is 8.70. The molecule has 1 aliphatic carbocycles. The quantitative estimate of drug-likeness (QED) is 0.877. The van der Waals surface area contributed by atoms with E-state index in [0.29, 0.717) is 18.3 Å². The fourth-order valence-corrected chi connectivity index (χ4v) is 3.27. The highest BCUT2D eigenvalue weighted by atomic mass is 16.2. The third-order valence-corrected chi connectivity index (χ3v) is 4.96. The first kappa shape index (κ1) is 16.0. The van der Waals surface area contributed by atoms with Crippen molar-refractivity contribution < 1.29 is 9.59 Å². The van der Waals surface area contributed by atoms with Gasteiger partial charge in [0.2, 0.25) is 11.8 Å². The van der Waals surface area contributed by atoms with Gasteiger partial charge in [-0.25, -0.2) is 0 Å². The summed E-state index contributed by atoms with van der Waals surface area (Å²) < 4.78 is 0. The molecule has 0 aromatic heterocycles. The molecule has 1 atom stereocenters. The zero-order valence-electron chi connectivity index (χ0n) is 14.1. The fourth-order valence-electron chi connectivity index (χ4n) is 3.27. The molecule has 1 fully saturated rings. The first-order valence-corrected chi connectivity index (χ1v) is 8.70. The number of nitrogens with zero attached hydrogens (tertiary/aromatic N) is 1. The zero-order valence-corrected chi connectivity index (χ0v) is 14.1. The van der Waals surface area contributed by atoms with Crippen LogP contribution >= 0.6 is 0 Å². The van der Waals surface area contributed by atoms with E-state index in [2.05, 4.69) is 30.4 Å². The van der Waals surface area contributed by atoms with Gasteiger partial charge in [0.1, 0.15) is 0 Å².